The number of ether oxygens (including phenoxy) is 1. The van der Waals surface area contributed by atoms with Crippen LogP contribution in [0.25, 0.3) is 11.4 Å². The van der Waals surface area contributed by atoms with Crippen LogP contribution in [-0.2, 0) is 11.2 Å². The molecule has 1 aliphatic rings. The Morgan fingerprint density at radius 3 is 2.78 bits per heavy atom. The molecule has 0 spiro atoms. The Morgan fingerprint density at radius 1 is 1.22 bits per heavy atom. The lowest BCUT2D eigenvalue weighted by molar-refractivity contribution is -0.117. The summed E-state index contributed by atoms with van der Waals surface area (Å²) in [5.41, 5.74) is 2.99. The van der Waals surface area contributed by atoms with Gasteiger partial charge in [0, 0.05) is 24.2 Å². The summed E-state index contributed by atoms with van der Waals surface area (Å²) in [6.07, 6.45) is 1.31. The van der Waals surface area contributed by atoms with Gasteiger partial charge in [0.15, 0.2) is 0 Å². The summed E-state index contributed by atoms with van der Waals surface area (Å²) in [6, 6.07) is 15.6. The fourth-order valence-electron chi connectivity index (χ4n) is 3.33. The number of aromatic nitrogens is 2. The molecule has 27 heavy (non-hydrogen) atoms. The summed E-state index contributed by atoms with van der Waals surface area (Å²) < 4.78 is 10.6. The zero-order valence-electron chi connectivity index (χ0n) is 15.4. The Hall–Kier alpha value is -3.15. The molecule has 0 aliphatic carbocycles. The highest BCUT2D eigenvalue weighted by Gasteiger charge is 2.35. The third-order valence-electron chi connectivity index (χ3n) is 4.89. The van der Waals surface area contributed by atoms with Crippen LogP contribution in [0.4, 0.5) is 5.69 Å². The van der Waals surface area contributed by atoms with E-state index in [9.17, 15) is 4.79 Å². The van der Waals surface area contributed by atoms with Crippen LogP contribution in [0.15, 0.2) is 53.1 Å². The van der Waals surface area contributed by atoms with Crippen molar-refractivity contribution in [3.63, 3.8) is 0 Å². The molecule has 1 aromatic heterocycles. The third-order valence-corrected chi connectivity index (χ3v) is 4.89. The van der Waals surface area contributed by atoms with Crippen molar-refractivity contribution in [3.8, 4) is 17.1 Å². The second kappa shape index (κ2) is 7.23. The maximum absolute atomic E-state index is 12.5. The van der Waals surface area contributed by atoms with Crippen LogP contribution < -0.4 is 9.64 Å². The van der Waals surface area contributed by atoms with Crippen LogP contribution in [0.2, 0.25) is 0 Å². The zero-order valence-corrected chi connectivity index (χ0v) is 15.4. The van der Waals surface area contributed by atoms with Gasteiger partial charge in [-0.05, 0) is 48.4 Å². The van der Waals surface area contributed by atoms with Gasteiger partial charge in [0.1, 0.15) is 5.75 Å². The first-order chi connectivity index (χ1) is 13.2. The molecule has 0 saturated carbocycles. The molecule has 0 radical (unpaired) electrons. The highest BCUT2D eigenvalue weighted by atomic mass is 16.5. The normalized spacial score (nSPS) is 16.7. The number of aryl methyl sites for hydroxylation is 1. The SMILES string of the molecule is CCc1cccc(N2CC(c3nc(-c4ccc(OC)cc4)no3)CC2=O)c1. The second-order valence-corrected chi connectivity index (χ2v) is 6.61. The van der Waals surface area contributed by atoms with Crippen LogP contribution in [0.5, 0.6) is 5.75 Å². The van der Waals surface area contributed by atoms with Crippen molar-refractivity contribution >= 4 is 11.6 Å². The number of carbonyl (C=O) groups is 1. The standard InChI is InChI=1S/C21H21N3O3/c1-3-14-5-4-6-17(11-14)24-13-16(12-19(24)25)21-22-20(23-27-21)15-7-9-18(26-2)10-8-15/h4-11,16H,3,12-13H2,1-2H3. The van der Waals surface area contributed by atoms with E-state index in [0.717, 1.165) is 23.4 Å². The maximum Gasteiger partial charge on any atom is 0.232 e. The topological polar surface area (TPSA) is 68.5 Å². The van der Waals surface area contributed by atoms with E-state index >= 15 is 0 Å². The minimum Gasteiger partial charge on any atom is -0.497 e. The molecule has 1 amide bonds. The summed E-state index contributed by atoms with van der Waals surface area (Å²) in [6.45, 7) is 2.66. The molecule has 4 rings (SSSR count). The van der Waals surface area contributed by atoms with Crippen molar-refractivity contribution in [2.75, 3.05) is 18.6 Å². The molecular formula is C21H21N3O3. The predicted molar refractivity (Wildman–Crippen MR) is 102 cm³/mol. The number of amides is 1. The van der Waals surface area contributed by atoms with Gasteiger partial charge in [-0.2, -0.15) is 4.98 Å². The van der Waals surface area contributed by atoms with Crippen molar-refractivity contribution in [2.45, 2.75) is 25.7 Å². The van der Waals surface area contributed by atoms with Crippen molar-refractivity contribution in [1.82, 2.24) is 10.1 Å². The molecule has 2 heterocycles. The Morgan fingerprint density at radius 2 is 2.04 bits per heavy atom. The van der Waals surface area contributed by atoms with Crippen LogP contribution >= 0.6 is 0 Å². The van der Waals surface area contributed by atoms with Crippen molar-refractivity contribution in [2.24, 2.45) is 0 Å². The lowest BCUT2D eigenvalue weighted by Crippen LogP contribution is -2.24. The molecule has 1 aliphatic heterocycles. The minimum absolute atomic E-state index is 0.0810. The van der Waals surface area contributed by atoms with Crippen LogP contribution in [0, 0.1) is 0 Å². The van der Waals surface area contributed by atoms with Gasteiger partial charge in [0.2, 0.25) is 17.6 Å². The highest BCUT2D eigenvalue weighted by molar-refractivity contribution is 5.96. The van der Waals surface area contributed by atoms with E-state index in [2.05, 4.69) is 29.2 Å². The molecule has 6 heteroatoms. The van der Waals surface area contributed by atoms with E-state index < -0.39 is 0 Å². The Balaban J connectivity index is 1.53. The van der Waals surface area contributed by atoms with E-state index in [4.69, 9.17) is 9.26 Å². The van der Waals surface area contributed by atoms with Crippen LogP contribution in [0.3, 0.4) is 0 Å². The van der Waals surface area contributed by atoms with E-state index in [-0.39, 0.29) is 11.8 Å². The first kappa shape index (κ1) is 17.3. The number of hydrogen-bond donors (Lipinski definition) is 0. The largest absolute Gasteiger partial charge is 0.497 e. The monoisotopic (exact) mass is 363 g/mol. The van der Waals surface area contributed by atoms with Gasteiger partial charge in [0.05, 0.1) is 13.0 Å². The zero-order chi connectivity index (χ0) is 18.8. The summed E-state index contributed by atoms with van der Waals surface area (Å²) in [4.78, 5) is 18.9. The molecule has 0 N–H and O–H groups in total. The van der Waals surface area contributed by atoms with Crippen molar-refractivity contribution in [1.29, 1.82) is 0 Å². The lowest BCUT2D eigenvalue weighted by Gasteiger charge is -2.16. The first-order valence-corrected chi connectivity index (χ1v) is 9.05. The number of methoxy groups -OCH3 is 1. The van der Waals surface area contributed by atoms with E-state index in [1.807, 2.05) is 36.4 Å². The Labute approximate surface area is 157 Å². The molecule has 138 valence electrons. The van der Waals surface area contributed by atoms with Crippen LogP contribution in [-0.4, -0.2) is 29.7 Å². The average Bonchev–Trinajstić information content (AvgIpc) is 3.35. The van der Waals surface area contributed by atoms with Gasteiger partial charge in [-0.25, -0.2) is 0 Å². The van der Waals surface area contributed by atoms with Gasteiger partial charge in [-0.1, -0.05) is 24.2 Å². The number of rotatable bonds is 5. The first-order valence-electron chi connectivity index (χ1n) is 9.05. The molecule has 2 aromatic carbocycles. The van der Waals surface area contributed by atoms with E-state index in [0.29, 0.717) is 24.7 Å². The third kappa shape index (κ3) is 3.43. The van der Waals surface area contributed by atoms with Crippen LogP contribution in [0.1, 0.15) is 30.7 Å². The number of nitrogens with zero attached hydrogens (tertiary/aromatic N) is 3. The summed E-state index contributed by atoms with van der Waals surface area (Å²) in [5.74, 6) is 1.78. The van der Waals surface area contributed by atoms with Crippen molar-refractivity contribution in [3.05, 3.63) is 60.0 Å². The molecule has 1 unspecified atom stereocenters. The molecule has 3 aromatic rings. The Bertz CT molecular complexity index is 949. The number of benzene rings is 2. The van der Waals surface area contributed by atoms with Gasteiger partial charge in [0.25, 0.3) is 0 Å². The molecule has 1 saturated heterocycles. The molecule has 1 atom stereocenters. The number of anilines is 1. The van der Waals surface area contributed by atoms with Gasteiger partial charge < -0.3 is 14.2 Å². The van der Waals surface area contributed by atoms with Crippen molar-refractivity contribution < 1.29 is 14.1 Å². The van der Waals surface area contributed by atoms with Gasteiger partial charge in [-0.3, -0.25) is 4.79 Å². The maximum atomic E-state index is 12.5. The average molecular weight is 363 g/mol. The number of hydrogen-bond acceptors (Lipinski definition) is 5. The predicted octanol–water partition coefficient (Wildman–Crippen LogP) is 3.83. The highest BCUT2D eigenvalue weighted by Crippen LogP contribution is 2.32. The van der Waals surface area contributed by atoms with Gasteiger partial charge in [-0.15, -0.1) is 0 Å². The fraction of sp³-hybridized carbons (Fsp3) is 0.286. The Kier molecular flexibility index (Phi) is 4.62. The van der Waals surface area contributed by atoms with Gasteiger partial charge >= 0.3 is 0 Å². The second-order valence-electron chi connectivity index (χ2n) is 6.61. The molecule has 1 fully saturated rings. The molecule has 0 bridgehead atoms. The van der Waals surface area contributed by atoms with E-state index in [1.54, 1.807) is 12.0 Å². The minimum atomic E-state index is -0.0951. The molecule has 6 nitrogen and oxygen atoms in total. The fourth-order valence-corrected chi connectivity index (χ4v) is 3.33. The quantitative estimate of drug-likeness (QED) is 0.689. The molecular weight excluding hydrogens is 342 g/mol. The summed E-state index contributed by atoms with van der Waals surface area (Å²) in [7, 11) is 1.63. The lowest BCUT2D eigenvalue weighted by atomic mass is 10.1. The number of carbonyl (C=O) groups excluding carboxylic acids is 1. The smallest absolute Gasteiger partial charge is 0.232 e. The van der Waals surface area contributed by atoms with E-state index in [1.165, 1.54) is 5.56 Å². The summed E-state index contributed by atoms with van der Waals surface area (Å²) in [5, 5.41) is 4.08. The summed E-state index contributed by atoms with van der Waals surface area (Å²) >= 11 is 0.